The number of nitrogens with zero attached hydrogens (tertiary/aromatic N) is 3. The molecule has 1 fully saturated rings. The van der Waals surface area contributed by atoms with Crippen molar-refractivity contribution in [1.82, 2.24) is 14.9 Å². The van der Waals surface area contributed by atoms with E-state index in [0.717, 1.165) is 17.1 Å². The Kier molecular flexibility index (Phi) is 5.99. The molecule has 32 heavy (non-hydrogen) atoms. The molecule has 1 saturated heterocycles. The molecule has 1 atom stereocenters. The van der Waals surface area contributed by atoms with Gasteiger partial charge in [-0.3, -0.25) is 9.59 Å². The highest BCUT2D eigenvalue weighted by Gasteiger charge is 2.34. The number of anilines is 1. The van der Waals surface area contributed by atoms with E-state index >= 15 is 0 Å². The van der Waals surface area contributed by atoms with Gasteiger partial charge in [-0.1, -0.05) is 26.0 Å². The lowest BCUT2D eigenvalue weighted by Crippen LogP contribution is -2.41. The zero-order valence-electron chi connectivity index (χ0n) is 18.8. The maximum Gasteiger partial charge on any atom is 0.251 e. The van der Waals surface area contributed by atoms with Crippen molar-refractivity contribution in [1.29, 1.82) is 0 Å². The number of rotatable bonds is 6. The van der Waals surface area contributed by atoms with E-state index in [4.69, 9.17) is 4.74 Å². The molecular weight excluding hydrogens is 404 g/mol. The van der Waals surface area contributed by atoms with Crippen molar-refractivity contribution >= 4 is 17.5 Å². The van der Waals surface area contributed by atoms with E-state index < -0.39 is 6.04 Å². The van der Waals surface area contributed by atoms with Gasteiger partial charge >= 0.3 is 0 Å². The summed E-state index contributed by atoms with van der Waals surface area (Å²) in [4.78, 5) is 31.6. The normalized spacial score (nSPS) is 16.0. The maximum absolute atomic E-state index is 13.0. The number of methoxy groups -OCH3 is 1. The Morgan fingerprint density at radius 2 is 1.94 bits per heavy atom. The summed E-state index contributed by atoms with van der Waals surface area (Å²) in [5.41, 5.74) is 4.22. The molecule has 7 nitrogen and oxygen atoms in total. The van der Waals surface area contributed by atoms with E-state index in [2.05, 4.69) is 24.1 Å². The summed E-state index contributed by atoms with van der Waals surface area (Å²) >= 11 is 0. The molecule has 166 valence electrons. The number of imidazole rings is 1. The van der Waals surface area contributed by atoms with Crippen LogP contribution >= 0.6 is 0 Å². The number of hydrogen-bond acceptors (Lipinski definition) is 4. The van der Waals surface area contributed by atoms with E-state index in [0.29, 0.717) is 30.2 Å². The number of hydrogen-bond donors (Lipinski definition) is 1. The summed E-state index contributed by atoms with van der Waals surface area (Å²) in [7, 11) is 1.60. The van der Waals surface area contributed by atoms with Crippen LogP contribution in [0.3, 0.4) is 0 Å². The molecule has 1 aliphatic heterocycles. The highest BCUT2D eigenvalue weighted by atomic mass is 16.5. The van der Waals surface area contributed by atoms with Gasteiger partial charge in [0.2, 0.25) is 5.91 Å². The quantitative estimate of drug-likeness (QED) is 0.642. The van der Waals surface area contributed by atoms with Gasteiger partial charge in [0.25, 0.3) is 5.91 Å². The van der Waals surface area contributed by atoms with Crippen LogP contribution in [0.2, 0.25) is 0 Å². The largest absolute Gasteiger partial charge is 0.494 e. The zero-order chi connectivity index (χ0) is 22.8. The Morgan fingerprint density at radius 3 is 2.56 bits per heavy atom. The molecular formula is C25H28N4O3. The van der Waals surface area contributed by atoms with Crippen LogP contribution in [-0.4, -0.2) is 41.1 Å². The number of aromatic nitrogens is 2. The first-order chi connectivity index (χ1) is 15.4. The van der Waals surface area contributed by atoms with Crippen LogP contribution < -0.4 is 15.0 Å². The topological polar surface area (TPSA) is 76.5 Å². The number of carbonyl (C=O) groups excluding carboxylic acids is 2. The Balaban J connectivity index is 1.47. The second kappa shape index (κ2) is 8.86. The van der Waals surface area contributed by atoms with Gasteiger partial charge in [0.15, 0.2) is 0 Å². The van der Waals surface area contributed by atoms with Crippen molar-refractivity contribution in [2.75, 3.05) is 18.6 Å². The molecule has 1 aliphatic rings. The lowest BCUT2D eigenvalue weighted by molar-refractivity contribution is -0.118. The second-order valence-corrected chi connectivity index (χ2v) is 8.36. The number of ether oxygens (including phenoxy) is 1. The Hall–Kier alpha value is -3.61. The average molecular weight is 433 g/mol. The van der Waals surface area contributed by atoms with Crippen molar-refractivity contribution in [3.63, 3.8) is 0 Å². The van der Waals surface area contributed by atoms with Gasteiger partial charge in [-0.2, -0.15) is 0 Å². The van der Waals surface area contributed by atoms with Gasteiger partial charge < -0.3 is 19.5 Å². The van der Waals surface area contributed by atoms with Crippen LogP contribution in [0, 0.1) is 6.92 Å². The number of benzene rings is 2. The zero-order valence-corrected chi connectivity index (χ0v) is 18.8. The molecule has 2 aromatic carbocycles. The maximum atomic E-state index is 13.0. The summed E-state index contributed by atoms with van der Waals surface area (Å²) < 4.78 is 7.45. The van der Waals surface area contributed by atoms with E-state index in [1.54, 1.807) is 18.3 Å². The molecule has 1 N–H and O–H groups in total. The lowest BCUT2D eigenvalue weighted by atomic mass is 10.0. The number of carbonyl (C=O) groups is 2. The predicted molar refractivity (Wildman–Crippen MR) is 124 cm³/mol. The lowest BCUT2D eigenvalue weighted by Gasteiger charge is -2.19. The summed E-state index contributed by atoms with van der Waals surface area (Å²) in [6, 6.07) is 12.6. The first kappa shape index (κ1) is 21.6. The van der Waals surface area contributed by atoms with Gasteiger partial charge in [-0.05, 0) is 49.1 Å². The Morgan fingerprint density at radius 1 is 1.19 bits per heavy atom. The van der Waals surface area contributed by atoms with E-state index in [9.17, 15) is 9.59 Å². The van der Waals surface area contributed by atoms with Crippen molar-refractivity contribution in [2.24, 2.45) is 0 Å². The highest BCUT2D eigenvalue weighted by molar-refractivity contribution is 6.04. The summed E-state index contributed by atoms with van der Waals surface area (Å²) in [5, 5.41) is 2.89. The van der Waals surface area contributed by atoms with Crippen molar-refractivity contribution in [2.45, 2.75) is 39.2 Å². The van der Waals surface area contributed by atoms with Gasteiger partial charge in [0, 0.05) is 30.1 Å². The molecule has 2 heterocycles. The van der Waals surface area contributed by atoms with Crippen LogP contribution in [0.1, 0.15) is 47.8 Å². The number of amides is 2. The summed E-state index contributed by atoms with van der Waals surface area (Å²) in [6.45, 7) is 6.67. The second-order valence-electron chi connectivity index (χ2n) is 8.36. The Bertz CT molecular complexity index is 1130. The molecule has 3 aromatic rings. The molecule has 2 amide bonds. The molecule has 4 rings (SSSR count). The van der Waals surface area contributed by atoms with Crippen LogP contribution in [0.25, 0.3) is 5.69 Å². The molecule has 7 heteroatoms. The monoisotopic (exact) mass is 432 g/mol. The van der Waals surface area contributed by atoms with Crippen LogP contribution in [0.4, 0.5) is 5.69 Å². The van der Waals surface area contributed by atoms with Gasteiger partial charge in [-0.25, -0.2) is 4.98 Å². The standard InChI is InChI=1S/C25H28N4O3/c1-16(2)18-5-7-19(8-6-18)24(30)27-21-11-12-29(25(21)31)20-9-10-22(23(13-20)32-4)28-14-17(3)26-15-28/h5-10,13-16,21H,11-12H2,1-4H3,(H,27,30). The van der Waals surface area contributed by atoms with E-state index in [-0.39, 0.29) is 11.8 Å². The minimum atomic E-state index is -0.547. The first-order valence-corrected chi connectivity index (χ1v) is 10.8. The fraction of sp³-hybridized carbons (Fsp3) is 0.320. The molecule has 0 spiro atoms. The predicted octanol–water partition coefficient (Wildman–Crippen LogP) is 3.85. The van der Waals surface area contributed by atoms with Gasteiger partial charge in [-0.15, -0.1) is 0 Å². The molecule has 0 bridgehead atoms. The first-order valence-electron chi connectivity index (χ1n) is 10.8. The van der Waals surface area contributed by atoms with E-state index in [1.165, 1.54) is 5.56 Å². The molecule has 0 radical (unpaired) electrons. The van der Waals surface area contributed by atoms with Crippen LogP contribution in [-0.2, 0) is 4.79 Å². The third-order valence-corrected chi connectivity index (χ3v) is 5.82. The van der Waals surface area contributed by atoms with Crippen LogP contribution in [0.15, 0.2) is 55.0 Å². The van der Waals surface area contributed by atoms with Crippen molar-refractivity contribution < 1.29 is 14.3 Å². The van der Waals surface area contributed by atoms with Crippen LogP contribution in [0.5, 0.6) is 5.75 Å². The SMILES string of the molecule is COc1cc(N2CCC(NC(=O)c3ccc(C(C)C)cc3)C2=O)ccc1-n1cnc(C)c1. The molecule has 1 aromatic heterocycles. The average Bonchev–Trinajstić information content (AvgIpc) is 3.39. The highest BCUT2D eigenvalue weighted by Crippen LogP contribution is 2.31. The summed E-state index contributed by atoms with van der Waals surface area (Å²) in [5.74, 6) is 0.693. The van der Waals surface area contributed by atoms with Gasteiger partial charge in [0.1, 0.15) is 11.8 Å². The van der Waals surface area contributed by atoms with Crippen molar-refractivity contribution in [3.05, 3.63) is 71.8 Å². The van der Waals surface area contributed by atoms with Crippen molar-refractivity contribution in [3.8, 4) is 11.4 Å². The van der Waals surface area contributed by atoms with Gasteiger partial charge in [0.05, 0.1) is 24.8 Å². The fourth-order valence-corrected chi connectivity index (χ4v) is 3.93. The fourth-order valence-electron chi connectivity index (χ4n) is 3.93. The third kappa shape index (κ3) is 4.23. The Labute approximate surface area is 188 Å². The molecule has 1 unspecified atom stereocenters. The third-order valence-electron chi connectivity index (χ3n) is 5.82. The molecule has 0 aliphatic carbocycles. The minimum Gasteiger partial charge on any atom is -0.494 e. The molecule has 0 saturated carbocycles. The number of nitrogens with one attached hydrogen (secondary N) is 1. The smallest absolute Gasteiger partial charge is 0.251 e. The summed E-state index contributed by atoms with van der Waals surface area (Å²) in [6.07, 6.45) is 4.20. The van der Waals surface area contributed by atoms with E-state index in [1.807, 2.05) is 60.2 Å². The number of aryl methyl sites for hydroxylation is 1. The minimum absolute atomic E-state index is 0.120.